The summed E-state index contributed by atoms with van der Waals surface area (Å²) in [7, 11) is 3.22. The highest BCUT2D eigenvalue weighted by atomic mass is 16.5. The predicted octanol–water partition coefficient (Wildman–Crippen LogP) is 0.0877. The number of nitrogens with zero attached hydrogens (tertiary/aromatic N) is 3. The Morgan fingerprint density at radius 2 is 1.85 bits per heavy atom. The van der Waals surface area contributed by atoms with Crippen molar-refractivity contribution >= 4 is 5.82 Å². The molecule has 2 heterocycles. The minimum absolute atomic E-state index is 0.119. The lowest BCUT2D eigenvalue weighted by molar-refractivity contribution is -0.0275. The molecule has 20 heavy (non-hydrogen) atoms. The maximum absolute atomic E-state index is 12.0. The lowest BCUT2D eigenvalue weighted by Gasteiger charge is -2.38. The molecule has 0 bridgehead atoms. The average Bonchev–Trinajstić information content (AvgIpc) is 3.24. The van der Waals surface area contributed by atoms with Crippen LogP contribution in [0.2, 0.25) is 0 Å². The first kappa shape index (κ1) is 13.4. The molecule has 1 aromatic rings. The van der Waals surface area contributed by atoms with Gasteiger partial charge < -0.3 is 9.64 Å². The normalized spacial score (nSPS) is 26.9. The van der Waals surface area contributed by atoms with E-state index < -0.39 is 0 Å². The quantitative estimate of drug-likeness (QED) is 0.770. The standard InChI is InChI=1S/C14H21N3O3/c1-9-7-17(8-11(20-9)10-4-5-10)12-6-13(18)16(3)14(19)15(12)2/h6,9-11H,4-5,7-8H2,1-3H3/t9-,11+/m0/s1. The molecule has 1 aliphatic heterocycles. The van der Waals surface area contributed by atoms with Crippen LogP contribution in [0.4, 0.5) is 5.82 Å². The summed E-state index contributed by atoms with van der Waals surface area (Å²) in [6.45, 7) is 3.51. The molecule has 0 aromatic carbocycles. The highest BCUT2D eigenvalue weighted by Crippen LogP contribution is 2.37. The fourth-order valence-electron chi connectivity index (χ4n) is 2.93. The first-order valence-electron chi connectivity index (χ1n) is 7.15. The second-order valence-corrected chi connectivity index (χ2v) is 5.97. The van der Waals surface area contributed by atoms with Crippen LogP contribution in [-0.2, 0) is 18.8 Å². The van der Waals surface area contributed by atoms with E-state index in [1.807, 2.05) is 6.92 Å². The molecule has 1 aromatic heterocycles. The highest BCUT2D eigenvalue weighted by Gasteiger charge is 2.37. The van der Waals surface area contributed by atoms with Crippen molar-refractivity contribution in [3.05, 3.63) is 26.9 Å². The van der Waals surface area contributed by atoms with Crippen molar-refractivity contribution in [1.29, 1.82) is 0 Å². The molecule has 0 N–H and O–H groups in total. The van der Waals surface area contributed by atoms with Gasteiger partial charge in [0, 0.05) is 33.3 Å². The Hall–Kier alpha value is -1.56. The Morgan fingerprint density at radius 1 is 1.15 bits per heavy atom. The van der Waals surface area contributed by atoms with E-state index in [9.17, 15) is 9.59 Å². The van der Waals surface area contributed by atoms with Crippen molar-refractivity contribution in [3.63, 3.8) is 0 Å². The minimum Gasteiger partial charge on any atom is -0.371 e. The number of hydrogen-bond donors (Lipinski definition) is 0. The molecule has 2 fully saturated rings. The van der Waals surface area contributed by atoms with Gasteiger partial charge in [-0.1, -0.05) is 0 Å². The van der Waals surface area contributed by atoms with Crippen LogP contribution in [0.5, 0.6) is 0 Å². The molecule has 0 unspecified atom stereocenters. The summed E-state index contributed by atoms with van der Waals surface area (Å²) < 4.78 is 8.65. The molecule has 2 atom stereocenters. The van der Waals surface area contributed by atoms with E-state index in [1.165, 1.54) is 19.9 Å². The first-order valence-corrected chi connectivity index (χ1v) is 7.15. The monoisotopic (exact) mass is 279 g/mol. The zero-order chi connectivity index (χ0) is 14.4. The highest BCUT2D eigenvalue weighted by molar-refractivity contribution is 5.39. The smallest absolute Gasteiger partial charge is 0.332 e. The van der Waals surface area contributed by atoms with Crippen LogP contribution in [-0.4, -0.2) is 34.4 Å². The second kappa shape index (κ2) is 4.77. The fraction of sp³-hybridized carbons (Fsp3) is 0.714. The molecule has 2 aliphatic rings. The van der Waals surface area contributed by atoms with Gasteiger partial charge in [0.25, 0.3) is 5.56 Å². The molecule has 1 saturated carbocycles. The van der Waals surface area contributed by atoms with Gasteiger partial charge in [0.1, 0.15) is 5.82 Å². The molecule has 110 valence electrons. The third-order valence-corrected chi connectivity index (χ3v) is 4.26. The van der Waals surface area contributed by atoms with Gasteiger partial charge in [-0.25, -0.2) is 4.79 Å². The van der Waals surface area contributed by atoms with Crippen molar-refractivity contribution in [2.24, 2.45) is 20.0 Å². The fourth-order valence-corrected chi connectivity index (χ4v) is 2.93. The molecule has 0 radical (unpaired) electrons. The van der Waals surface area contributed by atoms with Gasteiger partial charge in [-0.3, -0.25) is 13.9 Å². The Morgan fingerprint density at radius 3 is 2.50 bits per heavy atom. The van der Waals surface area contributed by atoms with Gasteiger partial charge >= 0.3 is 5.69 Å². The van der Waals surface area contributed by atoms with Crippen LogP contribution in [0, 0.1) is 5.92 Å². The van der Waals surface area contributed by atoms with Crippen LogP contribution in [0.1, 0.15) is 19.8 Å². The number of ether oxygens (including phenoxy) is 1. The maximum atomic E-state index is 12.0. The summed E-state index contributed by atoms with van der Waals surface area (Å²) in [6, 6.07) is 1.55. The zero-order valence-electron chi connectivity index (χ0n) is 12.2. The van der Waals surface area contributed by atoms with Gasteiger partial charge in [0.15, 0.2) is 0 Å². The SMILES string of the molecule is C[C@H]1CN(c2cc(=O)n(C)c(=O)n2C)C[C@H](C2CC2)O1. The number of aromatic nitrogens is 2. The zero-order valence-corrected chi connectivity index (χ0v) is 12.2. The van der Waals surface area contributed by atoms with Gasteiger partial charge in [-0.15, -0.1) is 0 Å². The molecule has 1 saturated heterocycles. The Kier molecular flexibility index (Phi) is 3.20. The Balaban J connectivity index is 1.95. The number of hydrogen-bond acceptors (Lipinski definition) is 4. The number of anilines is 1. The van der Waals surface area contributed by atoms with E-state index in [4.69, 9.17) is 4.74 Å². The lowest BCUT2D eigenvalue weighted by atomic mass is 10.1. The van der Waals surface area contributed by atoms with E-state index in [1.54, 1.807) is 17.7 Å². The summed E-state index contributed by atoms with van der Waals surface area (Å²) in [4.78, 5) is 26.0. The van der Waals surface area contributed by atoms with Crippen LogP contribution in [0.15, 0.2) is 15.7 Å². The number of morpholine rings is 1. The molecule has 1 aliphatic carbocycles. The third-order valence-electron chi connectivity index (χ3n) is 4.26. The molecule has 0 amide bonds. The largest absolute Gasteiger partial charge is 0.371 e. The van der Waals surface area contributed by atoms with E-state index in [0.717, 1.165) is 11.1 Å². The summed E-state index contributed by atoms with van der Waals surface area (Å²) in [6.07, 6.45) is 2.79. The lowest BCUT2D eigenvalue weighted by Crippen LogP contribution is -2.50. The van der Waals surface area contributed by atoms with Crippen molar-refractivity contribution in [2.45, 2.75) is 32.0 Å². The van der Waals surface area contributed by atoms with Crippen LogP contribution in [0.3, 0.4) is 0 Å². The van der Waals surface area contributed by atoms with E-state index >= 15 is 0 Å². The molecule has 0 spiro atoms. The predicted molar refractivity (Wildman–Crippen MR) is 76.2 cm³/mol. The van der Waals surface area contributed by atoms with Gasteiger partial charge in [0.2, 0.25) is 0 Å². The topological polar surface area (TPSA) is 56.5 Å². The molecule has 3 rings (SSSR count). The number of rotatable bonds is 2. The van der Waals surface area contributed by atoms with Gasteiger partial charge in [-0.05, 0) is 25.7 Å². The summed E-state index contributed by atoms with van der Waals surface area (Å²) in [5.74, 6) is 1.34. The Labute approximate surface area is 117 Å². The van der Waals surface area contributed by atoms with E-state index in [-0.39, 0.29) is 23.5 Å². The van der Waals surface area contributed by atoms with Crippen LogP contribution < -0.4 is 16.1 Å². The van der Waals surface area contributed by atoms with Crippen LogP contribution >= 0.6 is 0 Å². The first-order chi connectivity index (χ1) is 9.47. The summed E-state index contributed by atoms with van der Waals surface area (Å²) >= 11 is 0. The summed E-state index contributed by atoms with van der Waals surface area (Å²) in [5.41, 5.74) is -0.542. The van der Waals surface area contributed by atoms with Crippen molar-refractivity contribution in [2.75, 3.05) is 18.0 Å². The third kappa shape index (κ3) is 2.28. The summed E-state index contributed by atoms with van der Waals surface area (Å²) in [5, 5.41) is 0. The van der Waals surface area contributed by atoms with Crippen molar-refractivity contribution < 1.29 is 4.74 Å². The second-order valence-electron chi connectivity index (χ2n) is 5.97. The van der Waals surface area contributed by atoms with E-state index in [2.05, 4.69) is 4.90 Å². The Bertz CT molecular complexity index is 630. The maximum Gasteiger partial charge on any atom is 0.332 e. The molecule has 6 heteroatoms. The average molecular weight is 279 g/mol. The van der Waals surface area contributed by atoms with E-state index in [0.29, 0.717) is 18.3 Å². The van der Waals surface area contributed by atoms with Crippen molar-refractivity contribution in [3.8, 4) is 0 Å². The molecular formula is C14H21N3O3. The molecule has 6 nitrogen and oxygen atoms in total. The van der Waals surface area contributed by atoms with Gasteiger partial charge in [-0.2, -0.15) is 0 Å². The van der Waals surface area contributed by atoms with Crippen molar-refractivity contribution in [1.82, 2.24) is 9.13 Å². The van der Waals surface area contributed by atoms with Crippen LogP contribution in [0.25, 0.3) is 0 Å². The minimum atomic E-state index is -0.283. The molecular weight excluding hydrogens is 258 g/mol. The van der Waals surface area contributed by atoms with Gasteiger partial charge in [0.05, 0.1) is 12.2 Å².